The zero-order valence-corrected chi connectivity index (χ0v) is 15.5. The topological polar surface area (TPSA) is 32.3 Å². The van der Waals surface area contributed by atoms with Crippen molar-refractivity contribution in [3.8, 4) is 0 Å². The highest BCUT2D eigenvalue weighted by Gasteiger charge is 2.56. The molecule has 0 aromatic carbocycles. The number of thiazole rings is 2. The molecule has 2 aromatic heterocycles. The maximum absolute atomic E-state index is 4.60. The smallest absolute Gasteiger partial charge is 0.107 e. The molecule has 1 aliphatic heterocycles. The van der Waals surface area contributed by atoms with Gasteiger partial charge in [0.2, 0.25) is 0 Å². The fourth-order valence-corrected chi connectivity index (χ4v) is 5.46. The van der Waals surface area contributed by atoms with E-state index in [1.807, 2.05) is 6.20 Å². The summed E-state index contributed by atoms with van der Waals surface area (Å²) < 4.78 is 0. The Hall–Kier alpha value is -0.820. The van der Waals surface area contributed by atoms with Crippen molar-refractivity contribution in [1.82, 2.24) is 19.8 Å². The Morgan fingerprint density at radius 2 is 2.13 bits per heavy atom. The second-order valence-electron chi connectivity index (χ2n) is 7.08. The average molecular weight is 349 g/mol. The average Bonchev–Trinajstić information content (AvgIpc) is 2.88. The lowest BCUT2D eigenvalue weighted by molar-refractivity contribution is 0.139. The van der Waals surface area contributed by atoms with Crippen LogP contribution in [0, 0.1) is 12.3 Å². The molecule has 1 spiro atoms. The van der Waals surface area contributed by atoms with Crippen molar-refractivity contribution in [2.75, 3.05) is 20.1 Å². The van der Waals surface area contributed by atoms with Crippen LogP contribution in [0.2, 0.25) is 0 Å². The van der Waals surface area contributed by atoms with Gasteiger partial charge in [0, 0.05) is 28.7 Å². The monoisotopic (exact) mass is 348 g/mol. The minimum atomic E-state index is 0.585. The van der Waals surface area contributed by atoms with E-state index in [2.05, 4.69) is 44.5 Å². The van der Waals surface area contributed by atoms with Crippen LogP contribution in [0.3, 0.4) is 0 Å². The van der Waals surface area contributed by atoms with Gasteiger partial charge in [-0.3, -0.25) is 9.80 Å². The second kappa shape index (κ2) is 6.24. The maximum Gasteiger partial charge on any atom is 0.107 e. The van der Waals surface area contributed by atoms with Crippen LogP contribution in [0.5, 0.6) is 0 Å². The van der Waals surface area contributed by atoms with E-state index in [1.54, 1.807) is 22.7 Å². The zero-order valence-electron chi connectivity index (χ0n) is 13.9. The Labute approximate surface area is 146 Å². The first kappa shape index (κ1) is 15.7. The maximum atomic E-state index is 4.60. The third-order valence-electron chi connectivity index (χ3n) is 5.42. The molecule has 23 heavy (non-hydrogen) atoms. The first-order valence-corrected chi connectivity index (χ1v) is 10.1. The van der Waals surface area contributed by atoms with Gasteiger partial charge in [-0.25, -0.2) is 9.97 Å². The molecule has 4 nitrogen and oxygen atoms in total. The van der Waals surface area contributed by atoms with Gasteiger partial charge in [0.15, 0.2) is 0 Å². The summed E-state index contributed by atoms with van der Waals surface area (Å²) in [5.41, 5.74) is 1.74. The molecule has 0 radical (unpaired) electrons. The van der Waals surface area contributed by atoms with E-state index in [1.165, 1.54) is 42.4 Å². The third kappa shape index (κ3) is 3.36. The third-order valence-corrected chi connectivity index (χ3v) is 7.14. The van der Waals surface area contributed by atoms with Gasteiger partial charge in [-0.2, -0.15) is 0 Å². The second-order valence-corrected chi connectivity index (χ2v) is 9.00. The highest BCUT2D eigenvalue weighted by molar-refractivity contribution is 7.09. The summed E-state index contributed by atoms with van der Waals surface area (Å²) in [7, 11) is 2.27. The molecule has 0 bridgehead atoms. The number of aryl methyl sites for hydroxylation is 1. The van der Waals surface area contributed by atoms with Gasteiger partial charge in [-0.15, -0.1) is 22.7 Å². The van der Waals surface area contributed by atoms with Crippen molar-refractivity contribution in [2.24, 2.45) is 5.41 Å². The molecular weight excluding hydrogens is 324 g/mol. The van der Waals surface area contributed by atoms with Crippen LogP contribution >= 0.6 is 22.7 Å². The molecule has 2 aliphatic rings. The highest BCUT2D eigenvalue weighted by atomic mass is 32.1. The lowest BCUT2D eigenvalue weighted by Crippen LogP contribution is -2.37. The summed E-state index contributed by atoms with van der Waals surface area (Å²) in [6, 6.07) is 0.760. The van der Waals surface area contributed by atoms with Crippen molar-refractivity contribution in [3.63, 3.8) is 0 Å². The van der Waals surface area contributed by atoms with Crippen LogP contribution in [0.4, 0.5) is 0 Å². The van der Waals surface area contributed by atoms with Crippen molar-refractivity contribution in [3.05, 3.63) is 32.7 Å². The number of piperidine rings is 1. The van der Waals surface area contributed by atoms with Crippen molar-refractivity contribution in [1.29, 1.82) is 0 Å². The van der Waals surface area contributed by atoms with Gasteiger partial charge >= 0.3 is 0 Å². The van der Waals surface area contributed by atoms with E-state index < -0.39 is 0 Å². The van der Waals surface area contributed by atoms with Crippen molar-refractivity contribution in [2.45, 2.75) is 45.3 Å². The van der Waals surface area contributed by atoms with Crippen LogP contribution in [0.15, 0.2) is 17.0 Å². The standard InChI is InChI=1S/C17H24N4S2/c1-13-12-23-16(19-13)11-21-6-3-17(4-7-21)9-14(17)20(2)10-15-18-5-8-22-15/h5,8,12,14H,3-4,6-7,9-11H2,1-2H3/t14-/m1/s1. The Morgan fingerprint density at radius 3 is 2.78 bits per heavy atom. The molecule has 0 unspecified atom stereocenters. The number of aromatic nitrogens is 2. The first-order chi connectivity index (χ1) is 11.1. The molecule has 124 valence electrons. The number of rotatable bonds is 5. The molecule has 6 heteroatoms. The minimum Gasteiger partial charge on any atom is -0.297 e. The van der Waals surface area contributed by atoms with Crippen LogP contribution in [-0.2, 0) is 13.1 Å². The molecule has 0 N–H and O–H groups in total. The van der Waals surface area contributed by atoms with Crippen LogP contribution in [0.25, 0.3) is 0 Å². The Morgan fingerprint density at radius 1 is 1.30 bits per heavy atom. The highest BCUT2D eigenvalue weighted by Crippen LogP contribution is 2.56. The molecule has 2 fully saturated rings. The largest absolute Gasteiger partial charge is 0.297 e. The summed E-state index contributed by atoms with van der Waals surface area (Å²) >= 11 is 3.57. The molecule has 1 saturated carbocycles. The predicted octanol–water partition coefficient (Wildman–Crippen LogP) is 3.39. The van der Waals surface area contributed by atoms with Crippen molar-refractivity contribution >= 4 is 22.7 Å². The van der Waals surface area contributed by atoms with Gasteiger partial charge in [0.05, 0.1) is 13.1 Å². The van der Waals surface area contributed by atoms with E-state index >= 15 is 0 Å². The number of hydrogen-bond donors (Lipinski definition) is 0. The van der Waals surface area contributed by atoms with Crippen LogP contribution < -0.4 is 0 Å². The Kier molecular flexibility index (Phi) is 4.26. The molecule has 1 aliphatic carbocycles. The molecule has 1 atom stereocenters. The zero-order chi connectivity index (χ0) is 15.9. The van der Waals surface area contributed by atoms with Gasteiger partial charge in [-0.1, -0.05) is 0 Å². The lowest BCUT2D eigenvalue weighted by atomic mass is 9.92. The summed E-state index contributed by atoms with van der Waals surface area (Å²) in [4.78, 5) is 14.1. The fraction of sp³-hybridized carbons (Fsp3) is 0.647. The Bertz CT molecular complexity index is 643. The van der Waals surface area contributed by atoms with Crippen molar-refractivity contribution < 1.29 is 0 Å². The van der Waals surface area contributed by atoms with E-state index in [4.69, 9.17) is 0 Å². The van der Waals surface area contributed by atoms with E-state index in [9.17, 15) is 0 Å². The lowest BCUT2D eigenvalue weighted by Gasteiger charge is -2.33. The summed E-state index contributed by atoms with van der Waals surface area (Å²) in [5, 5.41) is 6.74. The van der Waals surface area contributed by atoms with E-state index in [-0.39, 0.29) is 0 Å². The van der Waals surface area contributed by atoms with Gasteiger partial charge in [-0.05, 0) is 51.7 Å². The van der Waals surface area contributed by atoms with Gasteiger partial charge < -0.3 is 0 Å². The summed E-state index contributed by atoms with van der Waals surface area (Å²) in [6.07, 6.45) is 5.96. The normalized spacial score (nSPS) is 23.7. The summed E-state index contributed by atoms with van der Waals surface area (Å²) in [6.45, 7) is 6.57. The minimum absolute atomic E-state index is 0.585. The number of nitrogens with zero attached hydrogens (tertiary/aromatic N) is 4. The van der Waals surface area contributed by atoms with Crippen LogP contribution in [-0.4, -0.2) is 45.9 Å². The van der Waals surface area contributed by atoms with E-state index in [0.29, 0.717) is 5.41 Å². The predicted molar refractivity (Wildman–Crippen MR) is 95.8 cm³/mol. The fourth-order valence-electron chi connectivity index (χ4n) is 3.96. The SMILES string of the molecule is Cc1csc(CN2CCC3(CC2)C[C@H]3N(C)Cc2nccs2)n1. The van der Waals surface area contributed by atoms with Crippen LogP contribution in [0.1, 0.15) is 35.0 Å². The number of hydrogen-bond acceptors (Lipinski definition) is 6. The molecule has 1 saturated heterocycles. The molecule has 3 heterocycles. The van der Waals surface area contributed by atoms with Gasteiger partial charge in [0.25, 0.3) is 0 Å². The first-order valence-electron chi connectivity index (χ1n) is 8.37. The molecular formula is C17H24N4S2. The molecule has 0 amide bonds. The molecule has 4 rings (SSSR count). The van der Waals surface area contributed by atoms with Gasteiger partial charge in [0.1, 0.15) is 10.0 Å². The molecule has 2 aromatic rings. The quantitative estimate of drug-likeness (QED) is 0.829. The van der Waals surface area contributed by atoms with E-state index in [0.717, 1.165) is 24.8 Å². The Balaban J connectivity index is 1.28. The summed E-state index contributed by atoms with van der Waals surface area (Å²) in [5.74, 6) is 0. The number of likely N-dealkylation sites (tertiary alicyclic amines) is 1.